The van der Waals surface area contributed by atoms with Crippen molar-refractivity contribution in [1.82, 2.24) is 10.2 Å². The number of rotatable bonds is 6. The monoisotopic (exact) mass is 448 g/mol. The van der Waals surface area contributed by atoms with Gasteiger partial charge in [0.25, 0.3) is 0 Å². The van der Waals surface area contributed by atoms with Crippen molar-refractivity contribution in [3.63, 3.8) is 0 Å². The summed E-state index contributed by atoms with van der Waals surface area (Å²) in [6, 6.07) is 12.4. The topological polar surface area (TPSA) is 81.0 Å². The Balaban J connectivity index is 1.28. The summed E-state index contributed by atoms with van der Waals surface area (Å²) in [5, 5.41) is 3.28. The molecule has 2 amide bonds. The molecule has 2 fully saturated rings. The van der Waals surface area contributed by atoms with E-state index in [9.17, 15) is 9.59 Å². The van der Waals surface area contributed by atoms with Crippen LogP contribution in [0.3, 0.4) is 0 Å². The predicted molar refractivity (Wildman–Crippen MR) is 123 cm³/mol. The van der Waals surface area contributed by atoms with Crippen LogP contribution in [0, 0.1) is 6.92 Å². The molecule has 0 bridgehead atoms. The van der Waals surface area contributed by atoms with Gasteiger partial charge in [0.2, 0.25) is 11.8 Å². The van der Waals surface area contributed by atoms with Gasteiger partial charge in [-0.15, -0.1) is 0 Å². The molecule has 1 atom stereocenters. The van der Waals surface area contributed by atoms with E-state index < -0.39 is 5.92 Å². The van der Waals surface area contributed by atoms with Gasteiger partial charge in [0.05, 0.1) is 25.4 Å². The summed E-state index contributed by atoms with van der Waals surface area (Å²) < 4.78 is 17.3. The molecule has 2 saturated heterocycles. The Hall–Kier alpha value is -3.16. The second kappa shape index (κ2) is 9.37. The van der Waals surface area contributed by atoms with E-state index in [1.54, 1.807) is 6.26 Å². The Morgan fingerprint density at radius 2 is 1.85 bits per heavy atom. The minimum atomic E-state index is -0.390. The highest BCUT2D eigenvalue weighted by atomic mass is 16.5. The second-order valence-electron chi connectivity index (χ2n) is 8.80. The summed E-state index contributed by atoms with van der Waals surface area (Å²) in [6.07, 6.45) is 2.45. The second-order valence-corrected chi connectivity index (χ2v) is 8.80. The zero-order chi connectivity index (χ0) is 22.8. The number of carbonyl (C=O) groups is 2. The van der Waals surface area contributed by atoms with Crippen LogP contribution >= 0.6 is 0 Å². The maximum Gasteiger partial charge on any atom is 0.234 e. The van der Waals surface area contributed by atoms with Gasteiger partial charge in [-0.25, -0.2) is 0 Å². The van der Waals surface area contributed by atoms with Crippen molar-refractivity contribution in [2.75, 3.05) is 26.3 Å². The molecule has 1 N–H and O–H groups in total. The number of hydrogen-bond donors (Lipinski definition) is 1. The van der Waals surface area contributed by atoms with Gasteiger partial charge in [-0.2, -0.15) is 0 Å². The summed E-state index contributed by atoms with van der Waals surface area (Å²) in [4.78, 5) is 26.3. The molecule has 0 saturated carbocycles. The predicted octanol–water partition coefficient (Wildman–Crippen LogP) is 3.67. The summed E-state index contributed by atoms with van der Waals surface area (Å²) in [6.45, 7) is 6.92. The largest absolute Gasteiger partial charge is 0.489 e. The average Bonchev–Trinajstić information content (AvgIpc) is 3.21. The Kier molecular flexibility index (Phi) is 6.15. The van der Waals surface area contributed by atoms with E-state index in [1.807, 2.05) is 19.1 Å². The number of imide groups is 1. The van der Waals surface area contributed by atoms with Crippen molar-refractivity contribution in [3.05, 3.63) is 64.9 Å². The number of hydrogen-bond acceptors (Lipinski definition) is 6. The SMILES string of the molecule is Cc1cc2occ(C3CCC(=O)NC3=O)c2cc1OCc1ccc(CN2CCOCC2)cc1. The molecule has 0 spiro atoms. The maximum absolute atomic E-state index is 12.3. The van der Waals surface area contributed by atoms with Crippen LogP contribution in [0.1, 0.15) is 41.0 Å². The van der Waals surface area contributed by atoms with Crippen LogP contribution in [0.15, 0.2) is 47.1 Å². The highest BCUT2D eigenvalue weighted by molar-refractivity contribution is 6.02. The third kappa shape index (κ3) is 4.79. The number of aryl methyl sites for hydroxylation is 1. The molecular formula is C26H28N2O5. The van der Waals surface area contributed by atoms with Gasteiger partial charge < -0.3 is 13.9 Å². The molecule has 3 aromatic rings. The minimum Gasteiger partial charge on any atom is -0.489 e. The number of carbonyl (C=O) groups excluding carboxylic acids is 2. The maximum atomic E-state index is 12.3. The van der Waals surface area contributed by atoms with Crippen LogP contribution in [0.5, 0.6) is 5.75 Å². The molecule has 2 aliphatic heterocycles. The van der Waals surface area contributed by atoms with Gasteiger partial charge in [0.1, 0.15) is 17.9 Å². The fourth-order valence-electron chi connectivity index (χ4n) is 4.51. The van der Waals surface area contributed by atoms with Crippen LogP contribution in [0.25, 0.3) is 11.0 Å². The van der Waals surface area contributed by atoms with E-state index in [-0.39, 0.29) is 11.8 Å². The Labute approximate surface area is 192 Å². The summed E-state index contributed by atoms with van der Waals surface area (Å²) in [5.74, 6) is -0.123. The van der Waals surface area contributed by atoms with Crippen LogP contribution in [0.4, 0.5) is 0 Å². The van der Waals surface area contributed by atoms with E-state index in [1.165, 1.54) is 5.56 Å². The molecule has 0 aliphatic carbocycles. The lowest BCUT2D eigenvalue weighted by atomic mass is 9.90. The number of morpholine rings is 1. The van der Waals surface area contributed by atoms with Crippen LogP contribution in [-0.4, -0.2) is 43.0 Å². The number of piperidine rings is 1. The van der Waals surface area contributed by atoms with Crippen molar-refractivity contribution >= 4 is 22.8 Å². The lowest BCUT2D eigenvalue weighted by Crippen LogP contribution is -2.39. The van der Waals surface area contributed by atoms with Gasteiger partial charge in [0, 0.05) is 37.0 Å². The van der Waals surface area contributed by atoms with Crippen molar-refractivity contribution in [2.24, 2.45) is 0 Å². The first kappa shape index (κ1) is 21.7. The van der Waals surface area contributed by atoms with E-state index in [0.717, 1.165) is 60.7 Å². The minimum absolute atomic E-state index is 0.222. The lowest BCUT2D eigenvalue weighted by Gasteiger charge is -2.26. The van der Waals surface area contributed by atoms with Crippen molar-refractivity contribution < 1.29 is 23.5 Å². The molecule has 7 nitrogen and oxygen atoms in total. The third-order valence-electron chi connectivity index (χ3n) is 6.44. The quantitative estimate of drug-likeness (QED) is 0.580. The van der Waals surface area contributed by atoms with Gasteiger partial charge in [0.15, 0.2) is 0 Å². The Morgan fingerprint density at radius 1 is 1.09 bits per heavy atom. The highest BCUT2D eigenvalue weighted by Crippen LogP contribution is 2.36. The number of ether oxygens (including phenoxy) is 2. The molecule has 2 aromatic carbocycles. The zero-order valence-electron chi connectivity index (χ0n) is 18.8. The van der Waals surface area contributed by atoms with Gasteiger partial charge >= 0.3 is 0 Å². The smallest absolute Gasteiger partial charge is 0.234 e. The van der Waals surface area contributed by atoms with Crippen molar-refractivity contribution in [1.29, 1.82) is 0 Å². The molecule has 172 valence electrons. The summed E-state index contributed by atoms with van der Waals surface area (Å²) in [5.41, 5.74) is 4.86. The summed E-state index contributed by atoms with van der Waals surface area (Å²) >= 11 is 0. The Morgan fingerprint density at radius 3 is 2.61 bits per heavy atom. The van der Waals surface area contributed by atoms with Gasteiger partial charge in [-0.05, 0) is 42.2 Å². The zero-order valence-corrected chi connectivity index (χ0v) is 18.8. The third-order valence-corrected chi connectivity index (χ3v) is 6.44. The molecule has 7 heteroatoms. The molecule has 3 heterocycles. The van der Waals surface area contributed by atoms with Crippen molar-refractivity contribution in [2.45, 2.75) is 38.8 Å². The highest BCUT2D eigenvalue weighted by Gasteiger charge is 2.30. The molecule has 5 rings (SSSR count). The standard InChI is InChI=1S/C26H28N2O5/c1-17-12-24-21(22(16-33-24)20-6-7-25(29)27-26(20)30)13-23(17)32-15-19-4-2-18(3-5-19)14-28-8-10-31-11-9-28/h2-5,12-13,16,20H,6-11,14-15H2,1H3,(H,27,29,30). The first-order valence-corrected chi connectivity index (χ1v) is 11.4. The molecule has 33 heavy (non-hydrogen) atoms. The number of amides is 2. The van der Waals surface area contributed by atoms with E-state index in [2.05, 4.69) is 34.5 Å². The van der Waals surface area contributed by atoms with Gasteiger partial charge in [-0.1, -0.05) is 24.3 Å². The molecule has 1 unspecified atom stereocenters. The fraction of sp³-hybridized carbons (Fsp3) is 0.385. The fourth-order valence-corrected chi connectivity index (χ4v) is 4.51. The molecular weight excluding hydrogens is 420 g/mol. The van der Waals surface area contributed by atoms with Crippen LogP contribution < -0.4 is 10.1 Å². The first-order valence-electron chi connectivity index (χ1n) is 11.4. The lowest BCUT2D eigenvalue weighted by molar-refractivity contribution is -0.134. The first-order chi connectivity index (χ1) is 16.1. The summed E-state index contributed by atoms with van der Waals surface area (Å²) in [7, 11) is 0. The van der Waals surface area contributed by atoms with Gasteiger partial charge in [-0.3, -0.25) is 19.8 Å². The molecule has 2 aliphatic rings. The van der Waals surface area contributed by atoms with Crippen molar-refractivity contribution in [3.8, 4) is 5.75 Å². The number of furan rings is 1. The number of nitrogens with zero attached hydrogens (tertiary/aromatic N) is 1. The van der Waals surface area contributed by atoms with E-state index >= 15 is 0 Å². The number of nitrogens with one attached hydrogen (secondary N) is 1. The van der Waals surface area contributed by atoms with Crippen LogP contribution in [-0.2, 0) is 27.5 Å². The molecule has 1 aromatic heterocycles. The number of benzene rings is 2. The molecule has 0 radical (unpaired) electrons. The van der Waals surface area contributed by atoms with Crippen LogP contribution in [0.2, 0.25) is 0 Å². The number of fused-ring (bicyclic) bond motifs is 1. The van der Waals surface area contributed by atoms with E-state index in [4.69, 9.17) is 13.9 Å². The average molecular weight is 449 g/mol. The Bertz CT molecular complexity index is 1160. The normalized spacial score (nSPS) is 19.6. The van der Waals surface area contributed by atoms with E-state index in [0.29, 0.717) is 25.0 Å².